The minimum absolute atomic E-state index is 0.0570. The van der Waals surface area contributed by atoms with E-state index in [1.54, 1.807) is 18.4 Å². The summed E-state index contributed by atoms with van der Waals surface area (Å²) in [6, 6.07) is 11.9. The lowest BCUT2D eigenvalue weighted by Gasteiger charge is -2.14. The molecule has 102 valence electrons. The molecule has 19 heavy (non-hydrogen) atoms. The Labute approximate surface area is 125 Å². The third-order valence-electron chi connectivity index (χ3n) is 2.74. The second-order valence-corrected chi connectivity index (χ2v) is 6.52. The van der Waals surface area contributed by atoms with Crippen LogP contribution < -0.4 is 10.5 Å². The second-order valence-electron chi connectivity index (χ2n) is 4.03. The van der Waals surface area contributed by atoms with Crippen molar-refractivity contribution in [3.63, 3.8) is 0 Å². The number of halogens is 1. The summed E-state index contributed by atoms with van der Waals surface area (Å²) in [6.07, 6.45) is -0.0570. The van der Waals surface area contributed by atoms with Gasteiger partial charge in [0.15, 0.2) is 0 Å². The Hall–Kier alpha value is -0.880. The van der Waals surface area contributed by atoms with E-state index in [0.717, 1.165) is 20.0 Å². The van der Waals surface area contributed by atoms with Gasteiger partial charge in [0.1, 0.15) is 11.9 Å². The van der Waals surface area contributed by atoms with E-state index in [2.05, 4.69) is 15.9 Å². The van der Waals surface area contributed by atoms with Crippen molar-refractivity contribution >= 4 is 27.3 Å². The van der Waals surface area contributed by atoms with Gasteiger partial charge < -0.3 is 15.2 Å². The number of methoxy groups -OCH3 is 1. The molecule has 0 saturated heterocycles. The number of thiophene rings is 1. The smallest absolute Gasteiger partial charge is 0.118 e. The lowest BCUT2D eigenvalue weighted by atomic mass is 10.2. The highest BCUT2D eigenvalue weighted by Gasteiger charge is 2.12. The molecule has 2 N–H and O–H groups in total. The van der Waals surface area contributed by atoms with Crippen LogP contribution in [0.3, 0.4) is 0 Å². The highest BCUT2D eigenvalue weighted by molar-refractivity contribution is 9.11. The summed E-state index contributed by atoms with van der Waals surface area (Å²) in [6.45, 7) is 1.02. The number of nitrogens with two attached hydrogens (primary N) is 1. The minimum atomic E-state index is -0.0570. The molecule has 0 aliphatic carbocycles. The first-order valence-electron chi connectivity index (χ1n) is 5.92. The van der Waals surface area contributed by atoms with Crippen LogP contribution in [0.25, 0.3) is 0 Å². The van der Waals surface area contributed by atoms with Gasteiger partial charge in [0, 0.05) is 11.4 Å². The Kier molecular flexibility index (Phi) is 5.39. The van der Waals surface area contributed by atoms with Gasteiger partial charge in [-0.25, -0.2) is 0 Å². The molecule has 5 heteroatoms. The van der Waals surface area contributed by atoms with E-state index in [4.69, 9.17) is 15.2 Å². The standard InChI is InChI=1S/C14H16BrNO2S/c1-17-11-4-2-10(3-5-11)9-18-12(8-16)13-6-7-14(15)19-13/h2-7,12H,8-9,16H2,1H3. The summed E-state index contributed by atoms with van der Waals surface area (Å²) in [5, 5.41) is 0. The molecule has 1 unspecified atom stereocenters. The average molecular weight is 342 g/mol. The Balaban J connectivity index is 1.95. The maximum absolute atomic E-state index is 5.87. The van der Waals surface area contributed by atoms with Crippen LogP contribution in [0.2, 0.25) is 0 Å². The highest BCUT2D eigenvalue weighted by atomic mass is 79.9. The van der Waals surface area contributed by atoms with E-state index >= 15 is 0 Å². The van der Waals surface area contributed by atoms with Crippen LogP contribution >= 0.6 is 27.3 Å². The number of hydrogen-bond acceptors (Lipinski definition) is 4. The van der Waals surface area contributed by atoms with Crippen molar-refractivity contribution in [3.8, 4) is 5.75 Å². The van der Waals surface area contributed by atoms with Crippen molar-refractivity contribution in [1.29, 1.82) is 0 Å². The molecule has 0 radical (unpaired) electrons. The minimum Gasteiger partial charge on any atom is -0.497 e. The predicted molar refractivity (Wildman–Crippen MR) is 81.6 cm³/mol. The summed E-state index contributed by atoms with van der Waals surface area (Å²) in [5.41, 5.74) is 6.88. The van der Waals surface area contributed by atoms with E-state index in [1.807, 2.05) is 36.4 Å². The molecular formula is C14H16BrNO2S. The van der Waals surface area contributed by atoms with Crippen molar-refractivity contribution in [3.05, 3.63) is 50.6 Å². The maximum atomic E-state index is 5.87. The van der Waals surface area contributed by atoms with Gasteiger partial charge in [0.2, 0.25) is 0 Å². The van der Waals surface area contributed by atoms with Gasteiger partial charge >= 0.3 is 0 Å². The van der Waals surface area contributed by atoms with Crippen LogP contribution in [0.15, 0.2) is 40.2 Å². The van der Waals surface area contributed by atoms with Gasteiger partial charge in [-0.05, 0) is 45.8 Å². The summed E-state index contributed by atoms with van der Waals surface area (Å²) in [5.74, 6) is 0.848. The van der Waals surface area contributed by atoms with Crippen LogP contribution in [-0.4, -0.2) is 13.7 Å². The van der Waals surface area contributed by atoms with Crippen LogP contribution in [-0.2, 0) is 11.3 Å². The molecule has 1 aromatic heterocycles. The fraction of sp³-hybridized carbons (Fsp3) is 0.286. The molecule has 0 bridgehead atoms. The normalized spacial score (nSPS) is 12.4. The molecule has 1 aromatic carbocycles. The topological polar surface area (TPSA) is 44.5 Å². The average Bonchev–Trinajstić information content (AvgIpc) is 2.87. The van der Waals surface area contributed by atoms with Crippen molar-refractivity contribution in [1.82, 2.24) is 0 Å². The molecule has 2 rings (SSSR count). The Bertz CT molecular complexity index is 512. The molecular weight excluding hydrogens is 326 g/mol. The summed E-state index contributed by atoms with van der Waals surface area (Å²) in [7, 11) is 1.66. The first-order chi connectivity index (χ1) is 9.22. The van der Waals surface area contributed by atoms with Crippen LogP contribution in [0, 0.1) is 0 Å². The molecule has 2 aromatic rings. The fourth-order valence-corrected chi connectivity index (χ4v) is 3.17. The zero-order valence-corrected chi connectivity index (χ0v) is 13.0. The van der Waals surface area contributed by atoms with Crippen molar-refractivity contribution < 1.29 is 9.47 Å². The monoisotopic (exact) mass is 341 g/mol. The van der Waals surface area contributed by atoms with Crippen molar-refractivity contribution in [2.24, 2.45) is 5.73 Å². The van der Waals surface area contributed by atoms with Gasteiger partial charge in [0.25, 0.3) is 0 Å². The molecule has 0 saturated carbocycles. The lowest BCUT2D eigenvalue weighted by Crippen LogP contribution is -2.14. The number of benzene rings is 1. The molecule has 0 spiro atoms. The highest BCUT2D eigenvalue weighted by Crippen LogP contribution is 2.29. The molecule has 0 aliphatic rings. The molecule has 1 heterocycles. The van der Waals surface area contributed by atoms with Gasteiger partial charge in [-0.3, -0.25) is 0 Å². The van der Waals surface area contributed by atoms with Crippen LogP contribution in [0.5, 0.6) is 5.75 Å². The Morgan fingerprint density at radius 2 is 1.95 bits per heavy atom. The quantitative estimate of drug-likeness (QED) is 0.870. The molecule has 1 atom stereocenters. The van der Waals surface area contributed by atoms with E-state index in [1.165, 1.54) is 0 Å². The molecule has 0 aliphatic heterocycles. The summed E-state index contributed by atoms with van der Waals surface area (Å²) >= 11 is 5.10. The zero-order valence-electron chi connectivity index (χ0n) is 10.6. The number of hydrogen-bond donors (Lipinski definition) is 1. The lowest BCUT2D eigenvalue weighted by molar-refractivity contribution is 0.0480. The Morgan fingerprint density at radius 3 is 2.47 bits per heavy atom. The van der Waals surface area contributed by atoms with E-state index < -0.39 is 0 Å². The number of ether oxygens (including phenoxy) is 2. The zero-order chi connectivity index (χ0) is 13.7. The first-order valence-corrected chi connectivity index (χ1v) is 7.53. The summed E-state index contributed by atoms with van der Waals surface area (Å²) < 4.78 is 12.1. The molecule has 3 nitrogen and oxygen atoms in total. The third kappa shape index (κ3) is 4.04. The molecule has 0 amide bonds. The predicted octanol–water partition coefficient (Wildman–Crippen LogP) is 3.74. The SMILES string of the molecule is COc1ccc(COC(CN)c2ccc(Br)s2)cc1. The van der Waals surface area contributed by atoms with Gasteiger partial charge in [-0.15, -0.1) is 11.3 Å². The largest absolute Gasteiger partial charge is 0.497 e. The summed E-state index contributed by atoms with van der Waals surface area (Å²) in [4.78, 5) is 1.14. The third-order valence-corrected chi connectivity index (χ3v) is 4.45. The first kappa shape index (κ1) is 14.5. The number of rotatable bonds is 6. The van der Waals surface area contributed by atoms with Gasteiger partial charge in [-0.1, -0.05) is 12.1 Å². The van der Waals surface area contributed by atoms with Crippen molar-refractivity contribution in [2.45, 2.75) is 12.7 Å². The van der Waals surface area contributed by atoms with Crippen LogP contribution in [0.4, 0.5) is 0 Å². The van der Waals surface area contributed by atoms with E-state index in [0.29, 0.717) is 13.2 Å². The van der Waals surface area contributed by atoms with Gasteiger partial charge in [0.05, 0.1) is 17.5 Å². The molecule has 0 fully saturated rings. The fourth-order valence-electron chi connectivity index (χ4n) is 1.69. The van der Waals surface area contributed by atoms with Crippen molar-refractivity contribution in [2.75, 3.05) is 13.7 Å². The second kappa shape index (κ2) is 7.05. The van der Waals surface area contributed by atoms with Crippen LogP contribution in [0.1, 0.15) is 16.5 Å². The Morgan fingerprint density at radius 1 is 1.21 bits per heavy atom. The van der Waals surface area contributed by atoms with E-state index in [-0.39, 0.29) is 6.10 Å². The van der Waals surface area contributed by atoms with E-state index in [9.17, 15) is 0 Å². The maximum Gasteiger partial charge on any atom is 0.118 e. The van der Waals surface area contributed by atoms with Gasteiger partial charge in [-0.2, -0.15) is 0 Å².